The van der Waals surface area contributed by atoms with E-state index in [1.165, 1.54) is 12.2 Å². The van der Waals surface area contributed by atoms with Crippen LogP contribution in [-0.4, -0.2) is 11.6 Å². The Hall–Kier alpha value is -1.44. The first-order valence-corrected chi connectivity index (χ1v) is 4.46. The number of allylic oxidation sites excluding steroid dienone is 6. The molecule has 3 rings (SSSR count). The van der Waals surface area contributed by atoms with Crippen molar-refractivity contribution in [3.8, 4) is 0 Å². The highest BCUT2D eigenvalue weighted by Gasteiger charge is 2.41. The second-order valence-electron chi connectivity index (χ2n) is 3.72. The molecule has 2 atom stereocenters. The first-order valence-electron chi connectivity index (χ1n) is 4.46. The lowest BCUT2D eigenvalue weighted by Crippen LogP contribution is -2.17. The molecule has 0 fully saturated rings. The second kappa shape index (κ2) is 2.08. The van der Waals surface area contributed by atoms with Gasteiger partial charge in [0.05, 0.1) is 0 Å². The van der Waals surface area contributed by atoms with E-state index in [2.05, 4.69) is 0 Å². The van der Waals surface area contributed by atoms with Crippen molar-refractivity contribution in [1.29, 1.82) is 0 Å². The van der Waals surface area contributed by atoms with Crippen LogP contribution in [0.5, 0.6) is 0 Å². The van der Waals surface area contributed by atoms with Crippen LogP contribution in [0.15, 0.2) is 35.5 Å². The molecule has 0 aliphatic heterocycles. The van der Waals surface area contributed by atoms with Crippen molar-refractivity contribution in [2.75, 3.05) is 0 Å². The van der Waals surface area contributed by atoms with Crippen LogP contribution in [0.2, 0.25) is 0 Å². The number of ketones is 2. The number of rotatable bonds is 0. The average molecular weight is 172 g/mol. The summed E-state index contributed by atoms with van der Waals surface area (Å²) in [5, 5.41) is 0. The maximum atomic E-state index is 11.5. The van der Waals surface area contributed by atoms with Crippen molar-refractivity contribution < 1.29 is 9.59 Å². The van der Waals surface area contributed by atoms with Crippen LogP contribution >= 0.6 is 0 Å². The molecule has 13 heavy (non-hydrogen) atoms. The molecule has 0 aromatic carbocycles. The highest BCUT2D eigenvalue weighted by molar-refractivity contribution is 6.21. The predicted molar refractivity (Wildman–Crippen MR) is 46.9 cm³/mol. The summed E-state index contributed by atoms with van der Waals surface area (Å²) in [6.45, 7) is 0. The standard InChI is InChI=1S/C11H8O2/c12-8-3-4-9(13)11-7-2-1-6(5-7)10(8)11/h1-4,6-7H,5H2/t6-,7-/m0/s1. The second-order valence-corrected chi connectivity index (χ2v) is 3.72. The number of carbonyl (C=O) groups is 2. The van der Waals surface area contributed by atoms with Gasteiger partial charge >= 0.3 is 0 Å². The van der Waals surface area contributed by atoms with E-state index >= 15 is 0 Å². The van der Waals surface area contributed by atoms with Crippen LogP contribution in [0.1, 0.15) is 6.42 Å². The summed E-state index contributed by atoms with van der Waals surface area (Å²) in [5.74, 6) is 0.515. The van der Waals surface area contributed by atoms with Crippen LogP contribution in [0.25, 0.3) is 0 Å². The normalized spacial score (nSPS) is 34.8. The molecule has 64 valence electrons. The van der Waals surface area contributed by atoms with Crippen LogP contribution in [0.3, 0.4) is 0 Å². The molecule has 0 spiro atoms. The summed E-state index contributed by atoms with van der Waals surface area (Å²) in [4.78, 5) is 23.0. The maximum Gasteiger partial charge on any atom is 0.182 e. The maximum absolute atomic E-state index is 11.5. The van der Waals surface area contributed by atoms with Gasteiger partial charge in [0.1, 0.15) is 0 Å². The first-order chi connectivity index (χ1) is 6.27. The Morgan fingerprint density at radius 1 is 0.923 bits per heavy atom. The number of hydrogen-bond acceptors (Lipinski definition) is 2. The minimum absolute atomic E-state index is 0.0338. The molecule has 0 aromatic rings. The van der Waals surface area contributed by atoms with E-state index < -0.39 is 0 Å². The monoisotopic (exact) mass is 172 g/mol. The molecule has 3 aliphatic carbocycles. The van der Waals surface area contributed by atoms with Crippen LogP contribution in [-0.2, 0) is 9.59 Å². The van der Waals surface area contributed by atoms with Crippen molar-refractivity contribution in [2.45, 2.75) is 6.42 Å². The van der Waals surface area contributed by atoms with Gasteiger partial charge in [0.2, 0.25) is 0 Å². The zero-order valence-electron chi connectivity index (χ0n) is 6.99. The molecule has 0 heterocycles. The van der Waals surface area contributed by atoms with Gasteiger partial charge in [-0.15, -0.1) is 0 Å². The van der Waals surface area contributed by atoms with E-state index in [1.807, 2.05) is 12.2 Å². The molecule has 2 heteroatoms. The summed E-state index contributed by atoms with van der Waals surface area (Å²) in [5.41, 5.74) is 1.53. The van der Waals surface area contributed by atoms with Crippen LogP contribution in [0, 0.1) is 11.8 Å². The van der Waals surface area contributed by atoms with Gasteiger partial charge in [0, 0.05) is 23.0 Å². The van der Waals surface area contributed by atoms with E-state index in [1.54, 1.807) is 0 Å². The third kappa shape index (κ3) is 0.730. The molecule has 0 saturated heterocycles. The van der Waals surface area contributed by atoms with Crippen molar-refractivity contribution in [3.05, 3.63) is 35.5 Å². The van der Waals surface area contributed by atoms with Gasteiger partial charge in [-0.05, 0) is 18.6 Å². The minimum atomic E-state index is 0.0338. The average Bonchev–Trinajstić information content (AvgIpc) is 2.70. The van der Waals surface area contributed by atoms with Gasteiger partial charge in [-0.2, -0.15) is 0 Å². The Balaban J connectivity index is 2.19. The number of hydrogen-bond donors (Lipinski definition) is 0. The first kappa shape index (κ1) is 7.01. The van der Waals surface area contributed by atoms with Gasteiger partial charge in [-0.25, -0.2) is 0 Å². The summed E-state index contributed by atoms with van der Waals surface area (Å²) in [7, 11) is 0. The fourth-order valence-corrected chi connectivity index (χ4v) is 2.49. The zero-order valence-corrected chi connectivity index (χ0v) is 6.99. The van der Waals surface area contributed by atoms with E-state index in [9.17, 15) is 9.59 Å². The smallest absolute Gasteiger partial charge is 0.182 e. The van der Waals surface area contributed by atoms with Gasteiger partial charge in [-0.3, -0.25) is 9.59 Å². The van der Waals surface area contributed by atoms with E-state index in [0.717, 1.165) is 17.6 Å². The van der Waals surface area contributed by atoms with E-state index in [0.29, 0.717) is 0 Å². The third-order valence-electron chi connectivity index (χ3n) is 3.03. The van der Waals surface area contributed by atoms with Gasteiger partial charge in [0.15, 0.2) is 11.6 Å². The highest BCUT2D eigenvalue weighted by Crippen LogP contribution is 2.45. The Labute approximate surface area is 75.6 Å². The molecule has 0 amide bonds. The quantitative estimate of drug-likeness (QED) is 0.406. The van der Waals surface area contributed by atoms with Crippen molar-refractivity contribution in [3.63, 3.8) is 0 Å². The lowest BCUT2D eigenvalue weighted by atomic mass is 9.87. The topological polar surface area (TPSA) is 34.1 Å². The third-order valence-corrected chi connectivity index (χ3v) is 3.03. The predicted octanol–water partition coefficient (Wildman–Crippen LogP) is 1.20. The summed E-state index contributed by atoms with van der Waals surface area (Å²) < 4.78 is 0. The fourth-order valence-electron chi connectivity index (χ4n) is 2.49. The molecule has 0 aromatic heterocycles. The van der Waals surface area contributed by atoms with Crippen molar-refractivity contribution >= 4 is 11.6 Å². The van der Waals surface area contributed by atoms with Gasteiger partial charge in [-0.1, -0.05) is 12.2 Å². The molecule has 2 bridgehead atoms. The Morgan fingerprint density at radius 2 is 1.38 bits per heavy atom. The molecular weight excluding hydrogens is 164 g/mol. The minimum Gasteiger partial charge on any atom is -0.290 e. The summed E-state index contributed by atoms with van der Waals surface area (Å²) in [6.07, 6.45) is 7.83. The molecular formula is C11H8O2. The van der Waals surface area contributed by atoms with Gasteiger partial charge < -0.3 is 0 Å². The molecule has 3 aliphatic rings. The van der Waals surface area contributed by atoms with Crippen molar-refractivity contribution in [1.82, 2.24) is 0 Å². The van der Waals surface area contributed by atoms with Crippen molar-refractivity contribution in [2.24, 2.45) is 11.8 Å². The highest BCUT2D eigenvalue weighted by atomic mass is 16.1. The van der Waals surface area contributed by atoms with Crippen LogP contribution in [0.4, 0.5) is 0 Å². The summed E-state index contributed by atoms with van der Waals surface area (Å²) in [6, 6.07) is 0. The van der Waals surface area contributed by atoms with E-state index in [4.69, 9.17) is 0 Å². The lowest BCUT2D eigenvalue weighted by Gasteiger charge is -2.14. The largest absolute Gasteiger partial charge is 0.290 e. The number of carbonyl (C=O) groups excluding carboxylic acids is 2. The molecule has 2 nitrogen and oxygen atoms in total. The molecule has 0 radical (unpaired) electrons. The molecule has 0 saturated carbocycles. The summed E-state index contributed by atoms with van der Waals surface area (Å²) >= 11 is 0. The van der Waals surface area contributed by atoms with Crippen LogP contribution < -0.4 is 0 Å². The Bertz CT molecular complexity index is 374. The molecule has 0 N–H and O–H groups in total. The Kier molecular flexibility index (Phi) is 1.12. The Morgan fingerprint density at radius 3 is 1.85 bits per heavy atom. The number of fused-ring (bicyclic) bond motifs is 4. The molecule has 0 unspecified atom stereocenters. The van der Waals surface area contributed by atoms with E-state index in [-0.39, 0.29) is 23.4 Å². The lowest BCUT2D eigenvalue weighted by molar-refractivity contribution is -0.115. The SMILES string of the molecule is O=C1C=CC(=O)C2=C1[C@H]1C=C[C@H]2C1. The zero-order chi connectivity index (χ0) is 9.00. The fraction of sp³-hybridized carbons (Fsp3) is 0.273. The van der Waals surface area contributed by atoms with Gasteiger partial charge in [0.25, 0.3) is 0 Å².